The summed E-state index contributed by atoms with van der Waals surface area (Å²) >= 11 is 0. The second-order valence-corrected chi connectivity index (χ2v) is 9.51. The van der Waals surface area contributed by atoms with E-state index in [1.165, 1.54) is 11.8 Å². The van der Waals surface area contributed by atoms with Crippen LogP contribution in [0.3, 0.4) is 0 Å². The third kappa shape index (κ3) is 6.04. The van der Waals surface area contributed by atoms with Gasteiger partial charge in [0.1, 0.15) is 0 Å². The van der Waals surface area contributed by atoms with Gasteiger partial charge in [-0.1, -0.05) is 12.1 Å². The molecule has 1 amide bonds. The van der Waals surface area contributed by atoms with Gasteiger partial charge in [0.25, 0.3) is 5.91 Å². The highest BCUT2D eigenvalue weighted by atomic mass is 32.2. The summed E-state index contributed by atoms with van der Waals surface area (Å²) in [6.07, 6.45) is -0.449. The van der Waals surface area contributed by atoms with Gasteiger partial charge < -0.3 is 14.4 Å². The Hall–Kier alpha value is -1.93. The molecule has 0 bridgehead atoms. The van der Waals surface area contributed by atoms with Crippen molar-refractivity contribution in [1.82, 2.24) is 4.90 Å². The van der Waals surface area contributed by atoms with Crippen molar-refractivity contribution < 1.29 is 27.5 Å². The number of carbonyl (C=O) groups is 2. The van der Waals surface area contributed by atoms with Gasteiger partial charge in [0.15, 0.2) is 15.9 Å². The molecule has 1 fully saturated rings. The third-order valence-corrected chi connectivity index (χ3v) is 6.43. The molecule has 1 heterocycles. The maximum Gasteiger partial charge on any atom is 0.338 e. The summed E-state index contributed by atoms with van der Waals surface area (Å²) in [5.41, 5.74) is 1.29. The molecule has 0 aromatic heterocycles. The lowest BCUT2D eigenvalue weighted by atomic mass is 10.1. The van der Waals surface area contributed by atoms with Crippen molar-refractivity contribution in [2.24, 2.45) is 0 Å². The molecule has 0 spiro atoms. The minimum absolute atomic E-state index is 0.0346. The van der Waals surface area contributed by atoms with Crippen molar-refractivity contribution in [1.29, 1.82) is 0 Å². The first-order valence-corrected chi connectivity index (χ1v) is 11.4. The van der Waals surface area contributed by atoms with Gasteiger partial charge in [-0.3, -0.25) is 4.79 Å². The van der Waals surface area contributed by atoms with Crippen LogP contribution >= 0.6 is 0 Å². The average molecular weight is 412 g/mol. The summed E-state index contributed by atoms with van der Waals surface area (Å²) in [5, 5.41) is 0. The standard InChI is InChI=1S/C20H29NO6S/c1-5-21(18-10-11-28(24,25)13-18)19(22)15(4)27-20(23)17-8-6-16(7-9-17)12-26-14(2)3/h6-9,14-15,18H,5,10-13H2,1-4H3/t15-,18-/m0/s1. The number of likely N-dealkylation sites (N-methyl/N-ethyl adjacent to an activating group) is 1. The molecule has 156 valence electrons. The third-order valence-electron chi connectivity index (χ3n) is 4.68. The van der Waals surface area contributed by atoms with Gasteiger partial charge in [0.05, 0.1) is 29.8 Å². The molecule has 7 nitrogen and oxygen atoms in total. The second kappa shape index (κ2) is 9.52. The molecule has 2 atom stereocenters. The molecular weight excluding hydrogens is 382 g/mol. The normalized spacial score (nSPS) is 19.4. The summed E-state index contributed by atoms with van der Waals surface area (Å²) in [4.78, 5) is 26.5. The molecule has 1 aromatic rings. The molecule has 1 aliphatic heterocycles. The zero-order valence-corrected chi connectivity index (χ0v) is 17.7. The maximum absolute atomic E-state index is 12.7. The highest BCUT2D eigenvalue weighted by Crippen LogP contribution is 2.19. The molecule has 2 rings (SSSR count). The smallest absolute Gasteiger partial charge is 0.338 e. The zero-order valence-electron chi connectivity index (χ0n) is 16.9. The molecule has 1 aliphatic rings. The van der Waals surface area contributed by atoms with Crippen LogP contribution < -0.4 is 0 Å². The summed E-state index contributed by atoms with van der Waals surface area (Å²) in [6, 6.07) is 6.49. The van der Waals surface area contributed by atoms with Crippen LogP contribution in [0.2, 0.25) is 0 Å². The second-order valence-electron chi connectivity index (χ2n) is 7.29. The lowest BCUT2D eigenvalue weighted by Crippen LogP contribution is -2.46. The number of rotatable bonds is 8. The monoisotopic (exact) mass is 411 g/mol. The lowest BCUT2D eigenvalue weighted by molar-refractivity contribution is -0.141. The molecule has 1 saturated heterocycles. The van der Waals surface area contributed by atoms with Crippen LogP contribution in [0.4, 0.5) is 0 Å². The largest absolute Gasteiger partial charge is 0.449 e. The average Bonchev–Trinajstić information content (AvgIpc) is 3.00. The van der Waals surface area contributed by atoms with Crippen molar-refractivity contribution in [3.63, 3.8) is 0 Å². The fourth-order valence-corrected chi connectivity index (χ4v) is 4.86. The van der Waals surface area contributed by atoms with Crippen LogP contribution in [-0.2, 0) is 30.7 Å². The molecule has 8 heteroatoms. The van der Waals surface area contributed by atoms with E-state index < -0.39 is 21.9 Å². The van der Waals surface area contributed by atoms with Gasteiger partial charge in [0, 0.05) is 12.6 Å². The van der Waals surface area contributed by atoms with Gasteiger partial charge in [-0.25, -0.2) is 13.2 Å². The molecule has 28 heavy (non-hydrogen) atoms. The summed E-state index contributed by atoms with van der Waals surface area (Å²) in [6.45, 7) is 8.02. The summed E-state index contributed by atoms with van der Waals surface area (Å²) < 4.78 is 34.2. The number of carbonyl (C=O) groups excluding carboxylic acids is 2. The van der Waals surface area contributed by atoms with E-state index >= 15 is 0 Å². The minimum atomic E-state index is -3.10. The Morgan fingerprint density at radius 2 is 1.82 bits per heavy atom. The lowest BCUT2D eigenvalue weighted by Gasteiger charge is -2.29. The van der Waals surface area contributed by atoms with Crippen molar-refractivity contribution >= 4 is 21.7 Å². The van der Waals surface area contributed by atoms with Gasteiger partial charge >= 0.3 is 5.97 Å². The molecule has 0 N–H and O–H groups in total. The van der Waals surface area contributed by atoms with Gasteiger partial charge in [-0.15, -0.1) is 0 Å². The van der Waals surface area contributed by atoms with Crippen molar-refractivity contribution in [2.75, 3.05) is 18.1 Å². The number of sulfone groups is 1. The fourth-order valence-electron chi connectivity index (χ4n) is 3.13. The zero-order chi connectivity index (χ0) is 20.9. The Kier molecular flexibility index (Phi) is 7.60. The first kappa shape index (κ1) is 22.4. The Labute approximate surface area is 166 Å². The molecular formula is C20H29NO6S. The summed E-state index contributed by atoms with van der Waals surface area (Å²) in [5.74, 6) is -0.914. The van der Waals surface area contributed by atoms with Crippen LogP contribution in [-0.4, -0.2) is 61.5 Å². The van der Waals surface area contributed by atoms with E-state index in [9.17, 15) is 18.0 Å². The number of amides is 1. The van der Waals surface area contributed by atoms with E-state index in [1.807, 2.05) is 13.8 Å². The Bertz CT molecular complexity index is 787. The van der Waals surface area contributed by atoms with Crippen LogP contribution in [0.1, 0.15) is 50.0 Å². The van der Waals surface area contributed by atoms with E-state index in [1.54, 1.807) is 31.2 Å². The topological polar surface area (TPSA) is 90.0 Å². The number of benzene rings is 1. The SMILES string of the molecule is CCN(C(=O)[C@H](C)OC(=O)c1ccc(COC(C)C)cc1)[C@H]1CCS(=O)(=O)C1. The number of nitrogens with zero attached hydrogens (tertiary/aromatic N) is 1. The van der Waals surface area contributed by atoms with Gasteiger partial charge in [0.2, 0.25) is 0 Å². The predicted molar refractivity (Wildman–Crippen MR) is 106 cm³/mol. The van der Waals surface area contributed by atoms with Crippen molar-refractivity contribution in [3.8, 4) is 0 Å². The number of esters is 1. The summed E-state index contributed by atoms with van der Waals surface area (Å²) in [7, 11) is -3.10. The van der Waals surface area contributed by atoms with Crippen molar-refractivity contribution in [2.45, 2.75) is 59.0 Å². The van der Waals surface area contributed by atoms with Crippen LogP contribution in [0.15, 0.2) is 24.3 Å². The first-order valence-electron chi connectivity index (χ1n) is 9.55. The number of hydrogen-bond donors (Lipinski definition) is 0. The fraction of sp³-hybridized carbons (Fsp3) is 0.600. The molecule has 1 aromatic carbocycles. The molecule has 0 aliphatic carbocycles. The number of ether oxygens (including phenoxy) is 2. The minimum Gasteiger partial charge on any atom is -0.449 e. The van der Waals surface area contributed by atoms with E-state index in [0.717, 1.165) is 5.56 Å². The van der Waals surface area contributed by atoms with Gasteiger partial charge in [-0.05, 0) is 51.8 Å². The number of hydrogen-bond acceptors (Lipinski definition) is 6. The van der Waals surface area contributed by atoms with E-state index in [0.29, 0.717) is 25.1 Å². The van der Waals surface area contributed by atoms with E-state index in [2.05, 4.69) is 0 Å². The van der Waals surface area contributed by atoms with E-state index in [-0.39, 0.29) is 29.6 Å². The Morgan fingerprint density at radius 3 is 2.32 bits per heavy atom. The van der Waals surface area contributed by atoms with Gasteiger partial charge in [-0.2, -0.15) is 0 Å². The maximum atomic E-state index is 12.7. The van der Waals surface area contributed by atoms with E-state index in [4.69, 9.17) is 9.47 Å². The Morgan fingerprint density at radius 1 is 1.18 bits per heavy atom. The van der Waals surface area contributed by atoms with Crippen LogP contribution in [0.25, 0.3) is 0 Å². The highest BCUT2D eigenvalue weighted by molar-refractivity contribution is 7.91. The molecule has 0 radical (unpaired) electrons. The molecule has 0 unspecified atom stereocenters. The quantitative estimate of drug-likeness (QED) is 0.609. The van der Waals surface area contributed by atoms with Crippen LogP contribution in [0, 0.1) is 0 Å². The Balaban J connectivity index is 1.96. The van der Waals surface area contributed by atoms with Crippen molar-refractivity contribution in [3.05, 3.63) is 35.4 Å². The van der Waals surface area contributed by atoms with Crippen LogP contribution in [0.5, 0.6) is 0 Å². The first-order chi connectivity index (χ1) is 13.1. The predicted octanol–water partition coefficient (Wildman–Crippen LogP) is 2.19. The highest BCUT2D eigenvalue weighted by Gasteiger charge is 2.36. The molecule has 0 saturated carbocycles.